The highest BCUT2D eigenvalue weighted by Crippen LogP contribution is 2.27. The fraction of sp³-hybridized carbons (Fsp3) is 0.0526. The fourth-order valence-electron chi connectivity index (χ4n) is 2.49. The molecule has 0 radical (unpaired) electrons. The Kier molecular flexibility index (Phi) is 4.13. The zero-order chi connectivity index (χ0) is 17.1. The minimum atomic E-state index is -0.360. The van der Waals surface area contributed by atoms with Crippen molar-refractivity contribution in [3.63, 3.8) is 0 Å². The first kappa shape index (κ1) is 15.5. The number of nitriles is 1. The summed E-state index contributed by atoms with van der Waals surface area (Å²) in [5.41, 5.74) is 1.93. The number of ketones is 1. The Bertz CT molecular complexity index is 919. The highest BCUT2D eigenvalue weighted by atomic mass is 19.1. The molecule has 3 aromatic rings. The lowest BCUT2D eigenvalue weighted by Gasteiger charge is -2.07. The van der Waals surface area contributed by atoms with Crippen LogP contribution >= 0.6 is 0 Å². The van der Waals surface area contributed by atoms with Crippen molar-refractivity contribution in [2.45, 2.75) is 0 Å². The Balaban J connectivity index is 2.08. The van der Waals surface area contributed by atoms with Gasteiger partial charge in [-0.3, -0.25) is 9.36 Å². The largest absolute Gasteiger partial charge is 0.497 e. The molecule has 0 saturated carbocycles. The molecule has 0 atom stereocenters. The minimum absolute atomic E-state index is 0.245. The van der Waals surface area contributed by atoms with Crippen molar-refractivity contribution in [1.29, 1.82) is 5.26 Å². The molecule has 0 aliphatic rings. The van der Waals surface area contributed by atoms with Gasteiger partial charge in [0.2, 0.25) is 5.78 Å². The summed E-state index contributed by atoms with van der Waals surface area (Å²) in [6.45, 7) is 0. The summed E-state index contributed by atoms with van der Waals surface area (Å²) in [5, 5.41) is 9.28. The molecule has 0 saturated heterocycles. The molecule has 3 rings (SSSR count). The Morgan fingerprint density at radius 3 is 2.33 bits per heavy atom. The number of ether oxygens (including phenoxy) is 1. The molecule has 4 nitrogen and oxygen atoms in total. The highest BCUT2D eigenvalue weighted by Gasteiger charge is 2.20. The van der Waals surface area contributed by atoms with Gasteiger partial charge >= 0.3 is 0 Å². The van der Waals surface area contributed by atoms with Crippen molar-refractivity contribution >= 4 is 5.78 Å². The van der Waals surface area contributed by atoms with Crippen LogP contribution < -0.4 is 4.74 Å². The minimum Gasteiger partial charge on any atom is -0.497 e. The van der Waals surface area contributed by atoms with Crippen molar-refractivity contribution in [3.8, 4) is 23.1 Å². The number of halogens is 1. The van der Waals surface area contributed by atoms with Gasteiger partial charge in [-0.15, -0.1) is 0 Å². The predicted octanol–water partition coefficient (Wildman–Crippen LogP) is 3.86. The number of rotatable bonds is 4. The predicted molar refractivity (Wildman–Crippen MR) is 87.3 cm³/mol. The normalized spacial score (nSPS) is 10.2. The molecule has 0 unspecified atom stereocenters. The summed E-state index contributed by atoms with van der Waals surface area (Å²) in [7, 11) is 1.55. The van der Waals surface area contributed by atoms with E-state index >= 15 is 0 Å². The lowest BCUT2D eigenvalue weighted by molar-refractivity contribution is 0.103. The van der Waals surface area contributed by atoms with Gasteiger partial charge in [-0.2, -0.15) is 5.26 Å². The van der Waals surface area contributed by atoms with E-state index in [9.17, 15) is 14.4 Å². The summed E-state index contributed by atoms with van der Waals surface area (Å²) in [6.07, 6.45) is 3.49. The summed E-state index contributed by atoms with van der Waals surface area (Å²) in [4.78, 5) is 12.9. The molecule has 24 heavy (non-hydrogen) atoms. The number of hydrogen-bond donors (Lipinski definition) is 0. The third-order valence-corrected chi connectivity index (χ3v) is 3.72. The molecular weight excluding hydrogens is 307 g/mol. The van der Waals surface area contributed by atoms with Gasteiger partial charge in [-0.1, -0.05) is 12.1 Å². The molecule has 1 heterocycles. The van der Waals surface area contributed by atoms with E-state index in [0.29, 0.717) is 22.4 Å². The zero-order valence-corrected chi connectivity index (χ0v) is 12.9. The Hall–Kier alpha value is -3.39. The van der Waals surface area contributed by atoms with E-state index < -0.39 is 0 Å². The Labute approximate surface area is 138 Å². The van der Waals surface area contributed by atoms with Crippen LogP contribution in [0.4, 0.5) is 4.39 Å². The fourth-order valence-corrected chi connectivity index (χ4v) is 2.49. The SMILES string of the molecule is COc1ccc(C(=O)c2c(-c3ccc(F)cc3)ccn2C#N)cc1. The maximum atomic E-state index is 13.1. The van der Waals surface area contributed by atoms with Gasteiger partial charge in [0.1, 0.15) is 17.3 Å². The number of hydrogen-bond acceptors (Lipinski definition) is 3. The van der Waals surface area contributed by atoms with Gasteiger partial charge in [-0.05, 0) is 48.0 Å². The first-order chi connectivity index (χ1) is 11.6. The van der Waals surface area contributed by atoms with Crippen molar-refractivity contribution in [2.24, 2.45) is 0 Å². The van der Waals surface area contributed by atoms with Crippen LogP contribution in [0.25, 0.3) is 11.1 Å². The second-order valence-electron chi connectivity index (χ2n) is 5.11. The van der Waals surface area contributed by atoms with Crippen LogP contribution in [-0.2, 0) is 0 Å². The maximum absolute atomic E-state index is 13.1. The molecule has 5 heteroatoms. The highest BCUT2D eigenvalue weighted by molar-refractivity contribution is 6.12. The number of carbonyl (C=O) groups is 1. The van der Waals surface area contributed by atoms with Gasteiger partial charge in [0.05, 0.1) is 7.11 Å². The number of aromatic nitrogens is 1. The number of benzene rings is 2. The Morgan fingerprint density at radius 1 is 1.08 bits per heavy atom. The summed E-state index contributed by atoms with van der Waals surface area (Å²) >= 11 is 0. The average molecular weight is 320 g/mol. The monoisotopic (exact) mass is 320 g/mol. The van der Waals surface area contributed by atoms with E-state index in [1.165, 1.54) is 22.9 Å². The van der Waals surface area contributed by atoms with E-state index in [-0.39, 0.29) is 17.3 Å². The van der Waals surface area contributed by atoms with Gasteiger partial charge in [0, 0.05) is 17.3 Å². The van der Waals surface area contributed by atoms with E-state index in [2.05, 4.69) is 0 Å². The second kappa shape index (κ2) is 6.39. The first-order valence-corrected chi connectivity index (χ1v) is 7.20. The molecule has 0 aliphatic carbocycles. The topological polar surface area (TPSA) is 55.0 Å². The average Bonchev–Trinajstić information content (AvgIpc) is 3.06. The molecule has 1 aromatic heterocycles. The van der Waals surface area contributed by atoms with Crippen LogP contribution in [0.15, 0.2) is 60.8 Å². The van der Waals surface area contributed by atoms with Crippen molar-refractivity contribution < 1.29 is 13.9 Å². The quantitative estimate of drug-likeness (QED) is 0.686. The van der Waals surface area contributed by atoms with E-state index in [1.807, 2.05) is 6.19 Å². The van der Waals surface area contributed by atoms with Crippen LogP contribution in [0.1, 0.15) is 16.1 Å². The lowest BCUT2D eigenvalue weighted by Crippen LogP contribution is -2.08. The summed E-state index contributed by atoms with van der Waals surface area (Å²) in [6, 6.07) is 14.1. The van der Waals surface area contributed by atoms with Crippen LogP contribution in [0.2, 0.25) is 0 Å². The summed E-state index contributed by atoms with van der Waals surface area (Å²) < 4.78 is 19.4. The van der Waals surface area contributed by atoms with Gasteiger partial charge in [-0.25, -0.2) is 4.39 Å². The number of nitrogens with zero attached hydrogens (tertiary/aromatic N) is 2. The molecule has 2 aromatic carbocycles. The molecule has 0 bridgehead atoms. The third kappa shape index (κ3) is 2.77. The summed E-state index contributed by atoms with van der Waals surface area (Å²) in [5.74, 6) is -0.00833. The second-order valence-corrected chi connectivity index (χ2v) is 5.11. The van der Waals surface area contributed by atoms with E-state index in [1.54, 1.807) is 49.6 Å². The van der Waals surface area contributed by atoms with Crippen LogP contribution in [0.3, 0.4) is 0 Å². The van der Waals surface area contributed by atoms with Crippen LogP contribution in [0.5, 0.6) is 5.75 Å². The van der Waals surface area contributed by atoms with Gasteiger partial charge < -0.3 is 4.74 Å². The molecule has 0 N–H and O–H groups in total. The van der Waals surface area contributed by atoms with Crippen molar-refractivity contribution in [2.75, 3.05) is 7.11 Å². The van der Waals surface area contributed by atoms with Gasteiger partial charge in [0.15, 0.2) is 6.19 Å². The molecule has 118 valence electrons. The van der Waals surface area contributed by atoms with Crippen molar-refractivity contribution in [3.05, 3.63) is 77.9 Å². The third-order valence-electron chi connectivity index (χ3n) is 3.72. The number of methoxy groups -OCH3 is 1. The first-order valence-electron chi connectivity index (χ1n) is 7.20. The smallest absolute Gasteiger partial charge is 0.211 e. The molecular formula is C19H13FN2O2. The van der Waals surface area contributed by atoms with Crippen LogP contribution in [0, 0.1) is 17.3 Å². The van der Waals surface area contributed by atoms with Crippen LogP contribution in [-0.4, -0.2) is 17.5 Å². The lowest BCUT2D eigenvalue weighted by atomic mass is 10.00. The van der Waals surface area contributed by atoms with Crippen molar-refractivity contribution in [1.82, 2.24) is 4.57 Å². The Morgan fingerprint density at radius 2 is 1.75 bits per heavy atom. The maximum Gasteiger partial charge on any atom is 0.211 e. The zero-order valence-electron chi connectivity index (χ0n) is 12.9. The molecule has 0 fully saturated rings. The standard InChI is InChI=1S/C19H13FN2O2/c1-24-16-8-4-14(5-9-16)19(23)18-17(10-11-22(18)12-21)13-2-6-15(20)7-3-13/h2-11H,1H3. The van der Waals surface area contributed by atoms with E-state index in [4.69, 9.17) is 4.74 Å². The molecule has 0 aliphatic heterocycles. The van der Waals surface area contributed by atoms with E-state index in [0.717, 1.165) is 0 Å². The van der Waals surface area contributed by atoms with Gasteiger partial charge in [0.25, 0.3) is 0 Å². The molecule has 0 amide bonds. The molecule has 0 spiro atoms. The number of carbonyl (C=O) groups excluding carboxylic acids is 1.